The van der Waals surface area contributed by atoms with Crippen LogP contribution < -0.4 is 5.32 Å². The molecule has 0 bridgehead atoms. The van der Waals surface area contributed by atoms with Crippen molar-refractivity contribution in [2.75, 3.05) is 5.32 Å². The lowest BCUT2D eigenvalue weighted by atomic mass is 10.1. The van der Waals surface area contributed by atoms with Crippen molar-refractivity contribution in [3.8, 4) is 0 Å². The second-order valence-electron chi connectivity index (χ2n) is 5.06. The fraction of sp³-hybridized carbons (Fsp3) is 0.312. The number of pyridine rings is 1. The molecule has 2 nitrogen and oxygen atoms in total. The summed E-state index contributed by atoms with van der Waals surface area (Å²) in [4.78, 5) is 4.28. The molecule has 0 radical (unpaired) electrons. The van der Waals surface area contributed by atoms with E-state index in [1.54, 1.807) is 0 Å². The van der Waals surface area contributed by atoms with Crippen LogP contribution in [-0.4, -0.2) is 4.98 Å². The number of nitrogens with one attached hydrogen (secondary N) is 1. The summed E-state index contributed by atoms with van der Waals surface area (Å²) in [6.45, 7) is 2.87. The van der Waals surface area contributed by atoms with E-state index < -0.39 is 0 Å². The van der Waals surface area contributed by atoms with Crippen LogP contribution in [-0.2, 0) is 6.54 Å². The number of anilines is 1. The maximum atomic E-state index is 4.28. The molecule has 0 amide bonds. The maximum Gasteiger partial charge on any atom is 0.0529 e. The second kappa shape index (κ2) is 4.81. The first-order valence-corrected chi connectivity index (χ1v) is 6.56. The highest BCUT2D eigenvalue weighted by molar-refractivity contribution is 5.42. The van der Waals surface area contributed by atoms with Crippen molar-refractivity contribution in [3.63, 3.8) is 0 Å². The molecule has 0 saturated heterocycles. The normalized spacial score (nSPS) is 14.5. The number of aromatic nitrogens is 1. The van der Waals surface area contributed by atoms with Gasteiger partial charge in [-0.2, -0.15) is 0 Å². The van der Waals surface area contributed by atoms with Crippen LogP contribution in [0.3, 0.4) is 0 Å². The van der Waals surface area contributed by atoms with Gasteiger partial charge in [-0.05, 0) is 48.9 Å². The molecular formula is C16H18N2. The average Bonchev–Trinajstić information content (AvgIpc) is 3.23. The van der Waals surface area contributed by atoms with Crippen molar-refractivity contribution in [1.29, 1.82) is 0 Å². The fourth-order valence-corrected chi connectivity index (χ4v) is 2.15. The van der Waals surface area contributed by atoms with Crippen molar-refractivity contribution in [3.05, 3.63) is 59.4 Å². The minimum atomic E-state index is 0.825. The molecule has 1 fully saturated rings. The highest BCUT2D eigenvalue weighted by atomic mass is 14.9. The topological polar surface area (TPSA) is 24.9 Å². The van der Waals surface area contributed by atoms with E-state index in [2.05, 4.69) is 40.6 Å². The predicted molar refractivity (Wildman–Crippen MR) is 74.7 cm³/mol. The summed E-state index contributed by atoms with van der Waals surface area (Å²) in [5.74, 6) is 0.825. The molecule has 1 aromatic heterocycles. The van der Waals surface area contributed by atoms with Gasteiger partial charge in [-0.25, -0.2) is 0 Å². The Balaban J connectivity index is 1.65. The van der Waals surface area contributed by atoms with Gasteiger partial charge >= 0.3 is 0 Å². The third-order valence-corrected chi connectivity index (χ3v) is 3.41. The summed E-state index contributed by atoms with van der Waals surface area (Å²) in [5, 5.41) is 3.41. The van der Waals surface area contributed by atoms with Crippen molar-refractivity contribution >= 4 is 5.69 Å². The van der Waals surface area contributed by atoms with E-state index in [9.17, 15) is 0 Å². The van der Waals surface area contributed by atoms with Crippen LogP contribution in [0.2, 0.25) is 0 Å². The van der Waals surface area contributed by atoms with E-state index in [1.807, 2.05) is 19.2 Å². The van der Waals surface area contributed by atoms with Crippen molar-refractivity contribution in [2.24, 2.45) is 0 Å². The molecule has 92 valence electrons. The van der Waals surface area contributed by atoms with Crippen LogP contribution in [0.4, 0.5) is 5.69 Å². The molecule has 1 N–H and O–H groups in total. The van der Waals surface area contributed by atoms with Crippen molar-refractivity contribution in [2.45, 2.75) is 32.2 Å². The molecule has 18 heavy (non-hydrogen) atoms. The molecule has 1 saturated carbocycles. The third kappa shape index (κ3) is 2.70. The first-order chi connectivity index (χ1) is 8.81. The molecular weight excluding hydrogens is 220 g/mol. The number of hydrogen-bond acceptors (Lipinski definition) is 2. The average molecular weight is 238 g/mol. The molecule has 2 aromatic rings. The summed E-state index contributed by atoms with van der Waals surface area (Å²) in [6, 6.07) is 13.0. The number of aryl methyl sites for hydroxylation is 1. The minimum Gasteiger partial charge on any atom is -0.380 e. The van der Waals surface area contributed by atoms with Gasteiger partial charge in [0.05, 0.1) is 11.9 Å². The Morgan fingerprint density at radius 1 is 1.22 bits per heavy atom. The van der Waals surface area contributed by atoms with Crippen LogP contribution in [0.5, 0.6) is 0 Å². The SMILES string of the molecule is Cc1ccc(NCc2cccc(C3CC3)c2)cn1. The van der Waals surface area contributed by atoms with Crippen molar-refractivity contribution < 1.29 is 0 Å². The van der Waals surface area contributed by atoms with Gasteiger partial charge < -0.3 is 5.32 Å². The Hall–Kier alpha value is -1.83. The van der Waals surface area contributed by atoms with Gasteiger partial charge in [0.25, 0.3) is 0 Å². The van der Waals surface area contributed by atoms with Crippen molar-refractivity contribution in [1.82, 2.24) is 4.98 Å². The highest BCUT2D eigenvalue weighted by Crippen LogP contribution is 2.40. The summed E-state index contributed by atoms with van der Waals surface area (Å²) < 4.78 is 0. The zero-order chi connectivity index (χ0) is 12.4. The zero-order valence-corrected chi connectivity index (χ0v) is 10.7. The lowest BCUT2D eigenvalue weighted by Gasteiger charge is -2.08. The minimum absolute atomic E-state index is 0.825. The quantitative estimate of drug-likeness (QED) is 0.874. The van der Waals surface area contributed by atoms with Gasteiger partial charge in [0, 0.05) is 12.2 Å². The molecule has 0 spiro atoms. The summed E-state index contributed by atoms with van der Waals surface area (Å²) in [6.07, 6.45) is 4.61. The van der Waals surface area contributed by atoms with E-state index in [0.29, 0.717) is 0 Å². The van der Waals surface area contributed by atoms with Gasteiger partial charge in [-0.3, -0.25) is 4.98 Å². The van der Waals surface area contributed by atoms with E-state index in [0.717, 1.165) is 23.8 Å². The van der Waals surface area contributed by atoms with Gasteiger partial charge in [0.2, 0.25) is 0 Å². The van der Waals surface area contributed by atoms with Crippen LogP contribution in [0.1, 0.15) is 35.6 Å². The maximum absolute atomic E-state index is 4.28. The molecule has 0 aliphatic heterocycles. The summed E-state index contributed by atoms with van der Waals surface area (Å²) in [5.41, 5.74) is 4.98. The second-order valence-corrected chi connectivity index (χ2v) is 5.06. The van der Waals surface area contributed by atoms with E-state index in [-0.39, 0.29) is 0 Å². The van der Waals surface area contributed by atoms with Gasteiger partial charge in [0.15, 0.2) is 0 Å². The Morgan fingerprint density at radius 2 is 2.11 bits per heavy atom. The lowest BCUT2D eigenvalue weighted by Crippen LogP contribution is -2.00. The number of rotatable bonds is 4. The number of hydrogen-bond donors (Lipinski definition) is 1. The molecule has 2 heteroatoms. The van der Waals surface area contributed by atoms with Crippen LogP contribution in [0, 0.1) is 6.92 Å². The molecule has 1 heterocycles. The highest BCUT2D eigenvalue weighted by Gasteiger charge is 2.23. The van der Waals surface area contributed by atoms with Crippen LogP contribution >= 0.6 is 0 Å². The Bertz CT molecular complexity index is 527. The lowest BCUT2D eigenvalue weighted by molar-refractivity contribution is 1.08. The van der Waals surface area contributed by atoms with E-state index in [4.69, 9.17) is 0 Å². The van der Waals surface area contributed by atoms with Gasteiger partial charge in [-0.15, -0.1) is 0 Å². The Labute approximate surface area is 108 Å². The largest absolute Gasteiger partial charge is 0.380 e. The summed E-state index contributed by atoms with van der Waals surface area (Å²) >= 11 is 0. The Kier molecular flexibility index (Phi) is 3.01. The third-order valence-electron chi connectivity index (χ3n) is 3.41. The first kappa shape index (κ1) is 11.3. The molecule has 3 rings (SSSR count). The Morgan fingerprint density at radius 3 is 2.83 bits per heavy atom. The smallest absolute Gasteiger partial charge is 0.0529 e. The first-order valence-electron chi connectivity index (χ1n) is 6.56. The van der Waals surface area contributed by atoms with Crippen LogP contribution in [0.15, 0.2) is 42.6 Å². The fourth-order valence-electron chi connectivity index (χ4n) is 2.15. The predicted octanol–water partition coefficient (Wildman–Crippen LogP) is 3.88. The van der Waals surface area contributed by atoms with Gasteiger partial charge in [-0.1, -0.05) is 24.3 Å². The molecule has 0 atom stereocenters. The standard InChI is InChI=1S/C16H18N2/c1-12-5-8-16(11-17-12)18-10-13-3-2-4-15(9-13)14-6-7-14/h2-5,8-9,11,14,18H,6-7,10H2,1H3. The molecule has 0 unspecified atom stereocenters. The van der Waals surface area contributed by atoms with Gasteiger partial charge in [0.1, 0.15) is 0 Å². The monoisotopic (exact) mass is 238 g/mol. The number of nitrogens with zero attached hydrogens (tertiary/aromatic N) is 1. The zero-order valence-electron chi connectivity index (χ0n) is 10.7. The van der Waals surface area contributed by atoms with Crippen LogP contribution in [0.25, 0.3) is 0 Å². The van der Waals surface area contributed by atoms with E-state index >= 15 is 0 Å². The number of benzene rings is 1. The van der Waals surface area contributed by atoms with E-state index in [1.165, 1.54) is 24.0 Å². The molecule has 1 aliphatic carbocycles. The summed E-state index contributed by atoms with van der Waals surface area (Å²) in [7, 11) is 0. The molecule has 1 aromatic carbocycles. The molecule has 1 aliphatic rings.